The van der Waals surface area contributed by atoms with Crippen molar-refractivity contribution in [3.63, 3.8) is 0 Å². The molecule has 0 aliphatic heterocycles. The zero-order valence-corrected chi connectivity index (χ0v) is 26.2. The van der Waals surface area contributed by atoms with Crippen molar-refractivity contribution in [3.8, 4) is 51.2 Å². The third-order valence-electron chi connectivity index (χ3n) is 7.32. The highest BCUT2D eigenvalue weighted by Crippen LogP contribution is 2.43. The standard InChI is InChI=1S/C35H31ClN6O4/c1-44-29-18-25(19-30(45-2)34(29)46-3)35-38-32(23-10-6-4-7-11-23)33(24-12-8-5-9-13-24)42(35)21-28-20-41(40-39-28)22-31(43)37-27-16-14-26(36)15-17-27/h4-20H,21-22H2,1-3H3,(H,37,43). The van der Waals surface area contributed by atoms with Crippen LogP contribution >= 0.6 is 11.6 Å². The minimum absolute atomic E-state index is 0.0138. The van der Waals surface area contributed by atoms with Gasteiger partial charge in [0, 0.05) is 27.4 Å². The second-order valence-corrected chi connectivity index (χ2v) is 10.8. The van der Waals surface area contributed by atoms with Crippen LogP contribution in [0.1, 0.15) is 5.69 Å². The normalized spacial score (nSPS) is 10.9. The number of imidazole rings is 1. The van der Waals surface area contributed by atoms with Crippen molar-refractivity contribution >= 4 is 23.2 Å². The minimum Gasteiger partial charge on any atom is -0.493 e. The Morgan fingerprint density at radius 3 is 2.04 bits per heavy atom. The van der Waals surface area contributed by atoms with Gasteiger partial charge in [-0.1, -0.05) is 77.5 Å². The summed E-state index contributed by atoms with van der Waals surface area (Å²) >= 11 is 5.97. The van der Waals surface area contributed by atoms with E-state index in [-0.39, 0.29) is 12.5 Å². The molecule has 11 heteroatoms. The topological polar surface area (TPSA) is 105 Å². The lowest BCUT2D eigenvalue weighted by Crippen LogP contribution is -2.19. The lowest BCUT2D eigenvalue weighted by Gasteiger charge is -2.16. The van der Waals surface area contributed by atoms with Crippen LogP contribution in [0.25, 0.3) is 33.9 Å². The molecule has 0 radical (unpaired) electrons. The highest BCUT2D eigenvalue weighted by Gasteiger charge is 2.24. The highest BCUT2D eigenvalue weighted by atomic mass is 35.5. The molecule has 1 amide bonds. The maximum Gasteiger partial charge on any atom is 0.246 e. The van der Waals surface area contributed by atoms with Crippen molar-refractivity contribution in [1.29, 1.82) is 0 Å². The van der Waals surface area contributed by atoms with Crippen molar-refractivity contribution in [3.05, 3.63) is 114 Å². The van der Waals surface area contributed by atoms with Gasteiger partial charge in [-0.15, -0.1) is 5.10 Å². The van der Waals surface area contributed by atoms with Crippen LogP contribution < -0.4 is 19.5 Å². The maximum absolute atomic E-state index is 12.8. The van der Waals surface area contributed by atoms with E-state index in [4.69, 9.17) is 30.8 Å². The van der Waals surface area contributed by atoms with Gasteiger partial charge >= 0.3 is 0 Å². The van der Waals surface area contributed by atoms with E-state index in [1.165, 1.54) is 4.68 Å². The average molecular weight is 635 g/mol. The summed E-state index contributed by atoms with van der Waals surface area (Å²) in [5.74, 6) is 1.92. The largest absolute Gasteiger partial charge is 0.493 e. The maximum atomic E-state index is 12.8. The van der Waals surface area contributed by atoms with Gasteiger partial charge < -0.3 is 24.1 Å². The van der Waals surface area contributed by atoms with Crippen molar-refractivity contribution in [2.45, 2.75) is 13.1 Å². The van der Waals surface area contributed by atoms with Crippen LogP contribution in [0.15, 0.2) is 103 Å². The molecule has 232 valence electrons. The molecule has 1 N–H and O–H groups in total. The Morgan fingerprint density at radius 1 is 0.804 bits per heavy atom. The predicted octanol–water partition coefficient (Wildman–Crippen LogP) is 6.84. The Balaban J connectivity index is 1.44. The van der Waals surface area contributed by atoms with E-state index in [1.807, 2.05) is 60.7 Å². The van der Waals surface area contributed by atoms with Gasteiger partial charge in [0.05, 0.1) is 45.5 Å². The molecule has 6 rings (SSSR count). The Kier molecular flexibility index (Phi) is 8.98. The van der Waals surface area contributed by atoms with E-state index in [0.29, 0.717) is 46.0 Å². The van der Waals surface area contributed by atoms with E-state index in [9.17, 15) is 4.79 Å². The molecule has 10 nitrogen and oxygen atoms in total. The van der Waals surface area contributed by atoms with E-state index in [1.54, 1.807) is 51.8 Å². The Morgan fingerprint density at radius 2 is 1.43 bits per heavy atom. The van der Waals surface area contributed by atoms with Gasteiger partial charge in [0.1, 0.15) is 18.1 Å². The predicted molar refractivity (Wildman–Crippen MR) is 177 cm³/mol. The monoisotopic (exact) mass is 634 g/mol. The van der Waals surface area contributed by atoms with Crippen molar-refractivity contribution in [2.24, 2.45) is 0 Å². The molecule has 0 atom stereocenters. The highest BCUT2D eigenvalue weighted by molar-refractivity contribution is 6.30. The van der Waals surface area contributed by atoms with Crippen LogP contribution in [0.4, 0.5) is 5.69 Å². The lowest BCUT2D eigenvalue weighted by molar-refractivity contribution is -0.116. The van der Waals surface area contributed by atoms with Gasteiger partial charge in [0.2, 0.25) is 11.7 Å². The summed E-state index contributed by atoms with van der Waals surface area (Å²) in [6, 6.07) is 30.8. The molecule has 0 saturated heterocycles. The fraction of sp³-hybridized carbons (Fsp3) is 0.143. The number of anilines is 1. The zero-order valence-electron chi connectivity index (χ0n) is 25.5. The number of carbonyl (C=O) groups excluding carboxylic acids is 1. The lowest BCUT2D eigenvalue weighted by atomic mass is 10.0. The van der Waals surface area contributed by atoms with Gasteiger partial charge in [0.25, 0.3) is 0 Å². The van der Waals surface area contributed by atoms with Gasteiger partial charge in [-0.3, -0.25) is 4.79 Å². The number of rotatable bonds is 11. The number of nitrogens with zero attached hydrogens (tertiary/aromatic N) is 5. The van der Waals surface area contributed by atoms with Crippen LogP contribution in [-0.4, -0.2) is 51.8 Å². The smallest absolute Gasteiger partial charge is 0.246 e. The number of amides is 1. The molecule has 0 unspecified atom stereocenters. The summed E-state index contributed by atoms with van der Waals surface area (Å²) in [6.07, 6.45) is 1.76. The van der Waals surface area contributed by atoms with E-state index in [2.05, 4.69) is 32.3 Å². The number of benzene rings is 4. The number of carbonyl (C=O) groups is 1. The summed E-state index contributed by atoms with van der Waals surface area (Å²) < 4.78 is 20.6. The van der Waals surface area contributed by atoms with Crippen LogP contribution in [0.3, 0.4) is 0 Å². The first kappa shape index (κ1) is 30.4. The molecule has 2 aromatic heterocycles. The third kappa shape index (κ3) is 6.43. The number of hydrogen-bond acceptors (Lipinski definition) is 7. The Bertz CT molecular complexity index is 1930. The summed E-state index contributed by atoms with van der Waals surface area (Å²) in [4.78, 5) is 18.0. The Labute approximate surface area is 271 Å². The molecule has 0 fully saturated rings. The number of halogens is 1. The molecule has 46 heavy (non-hydrogen) atoms. The second kappa shape index (κ2) is 13.6. The summed E-state index contributed by atoms with van der Waals surface area (Å²) in [5, 5.41) is 12.1. The SMILES string of the molecule is COc1cc(-c2nc(-c3ccccc3)c(-c3ccccc3)n2Cc2cn(CC(=O)Nc3ccc(Cl)cc3)nn2)cc(OC)c1OC. The van der Waals surface area contributed by atoms with E-state index in [0.717, 1.165) is 28.1 Å². The molecular formula is C35H31ClN6O4. The zero-order chi connectivity index (χ0) is 32.0. The third-order valence-corrected chi connectivity index (χ3v) is 7.58. The average Bonchev–Trinajstić information content (AvgIpc) is 3.70. The minimum atomic E-state index is -0.240. The van der Waals surface area contributed by atoms with Gasteiger partial charge in [-0.25, -0.2) is 9.67 Å². The molecule has 0 bridgehead atoms. The molecular weight excluding hydrogens is 604 g/mol. The van der Waals surface area contributed by atoms with Crippen molar-refractivity contribution in [2.75, 3.05) is 26.6 Å². The molecule has 2 heterocycles. The fourth-order valence-electron chi connectivity index (χ4n) is 5.25. The quantitative estimate of drug-likeness (QED) is 0.166. The Hall–Kier alpha value is -5.61. The van der Waals surface area contributed by atoms with Gasteiger partial charge in [-0.05, 0) is 36.4 Å². The van der Waals surface area contributed by atoms with Crippen LogP contribution in [0, 0.1) is 0 Å². The number of hydrogen-bond donors (Lipinski definition) is 1. The summed E-state index contributed by atoms with van der Waals surface area (Å²) in [7, 11) is 4.74. The summed E-state index contributed by atoms with van der Waals surface area (Å²) in [6.45, 7) is 0.301. The first-order valence-corrected chi connectivity index (χ1v) is 14.8. The summed E-state index contributed by atoms with van der Waals surface area (Å²) in [5.41, 5.74) is 5.66. The van der Waals surface area contributed by atoms with Crippen molar-refractivity contribution in [1.82, 2.24) is 24.5 Å². The molecule has 0 aliphatic carbocycles. The number of methoxy groups -OCH3 is 3. The van der Waals surface area contributed by atoms with Crippen LogP contribution in [0.5, 0.6) is 17.2 Å². The number of ether oxygens (including phenoxy) is 3. The first-order chi connectivity index (χ1) is 22.5. The molecule has 6 aromatic rings. The molecule has 0 saturated carbocycles. The van der Waals surface area contributed by atoms with Gasteiger partial charge in [0.15, 0.2) is 11.5 Å². The molecule has 0 aliphatic rings. The molecule has 0 spiro atoms. The number of nitrogens with one attached hydrogen (secondary N) is 1. The number of aromatic nitrogens is 5. The van der Waals surface area contributed by atoms with Crippen molar-refractivity contribution < 1.29 is 19.0 Å². The van der Waals surface area contributed by atoms with Gasteiger partial charge in [-0.2, -0.15) is 0 Å². The van der Waals surface area contributed by atoms with E-state index < -0.39 is 0 Å². The first-order valence-electron chi connectivity index (χ1n) is 14.4. The van der Waals surface area contributed by atoms with Crippen LogP contribution in [0.2, 0.25) is 5.02 Å². The second-order valence-electron chi connectivity index (χ2n) is 10.3. The molecule has 4 aromatic carbocycles. The van der Waals surface area contributed by atoms with E-state index >= 15 is 0 Å². The van der Waals surface area contributed by atoms with Crippen LogP contribution in [-0.2, 0) is 17.9 Å². The fourth-order valence-corrected chi connectivity index (χ4v) is 5.38.